The Morgan fingerprint density at radius 1 is 0.781 bits per heavy atom. The number of carbonyl (C=O) groups is 3. The topological polar surface area (TPSA) is 90.9 Å². The molecule has 0 spiro atoms. The number of benzene rings is 3. The fraction of sp³-hybridized carbons (Fsp3) is 0.125. The van der Waals surface area contributed by atoms with Crippen molar-refractivity contribution >= 4 is 34.9 Å². The zero-order chi connectivity index (χ0) is 23.1. The zero-order valence-electron chi connectivity index (χ0n) is 17.4. The molecule has 3 aromatic rings. The van der Waals surface area contributed by atoms with E-state index in [9.17, 15) is 14.4 Å². The Balaban J connectivity index is 1.58. The van der Waals surface area contributed by atoms with Gasteiger partial charge in [-0.25, -0.2) is 4.79 Å². The maximum Gasteiger partial charge on any atom is 0.338 e. The highest BCUT2D eigenvalue weighted by Crippen LogP contribution is 2.28. The third kappa shape index (κ3) is 5.65. The van der Waals surface area contributed by atoms with Gasteiger partial charge >= 0.3 is 5.97 Å². The minimum Gasteiger partial charge on any atom is -0.493 e. The van der Waals surface area contributed by atoms with Crippen LogP contribution in [0.15, 0.2) is 66.7 Å². The summed E-state index contributed by atoms with van der Waals surface area (Å²) in [6.45, 7) is -0.391. The summed E-state index contributed by atoms with van der Waals surface area (Å²) >= 11 is 5.80. The van der Waals surface area contributed by atoms with Crippen molar-refractivity contribution < 1.29 is 28.6 Å². The van der Waals surface area contributed by atoms with Crippen LogP contribution in [0.2, 0.25) is 5.02 Å². The van der Waals surface area contributed by atoms with Gasteiger partial charge in [-0.1, -0.05) is 11.6 Å². The number of amides is 1. The molecule has 0 unspecified atom stereocenters. The summed E-state index contributed by atoms with van der Waals surface area (Å²) in [5, 5.41) is 3.25. The molecule has 0 aromatic heterocycles. The third-order valence-corrected chi connectivity index (χ3v) is 4.78. The molecule has 0 aliphatic carbocycles. The summed E-state index contributed by atoms with van der Waals surface area (Å²) in [5.41, 5.74) is 1.51. The van der Waals surface area contributed by atoms with Crippen molar-refractivity contribution in [2.75, 3.05) is 26.1 Å². The van der Waals surface area contributed by atoms with Crippen molar-refractivity contribution in [1.82, 2.24) is 0 Å². The average molecular weight is 454 g/mol. The van der Waals surface area contributed by atoms with Crippen molar-refractivity contribution in [2.45, 2.75) is 0 Å². The lowest BCUT2D eigenvalue weighted by molar-refractivity contribution is 0.0475. The molecule has 0 atom stereocenters. The van der Waals surface area contributed by atoms with E-state index in [0.717, 1.165) is 0 Å². The normalized spacial score (nSPS) is 10.2. The summed E-state index contributed by atoms with van der Waals surface area (Å²) in [7, 11) is 3.00. The van der Waals surface area contributed by atoms with E-state index in [2.05, 4.69) is 5.32 Å². The molecule has 0 heterocycles. The van der Waals surface area contributed by atoms with Gasteiger partial charge in [0.25, 0.3) is 5.91 Å². The van der Waals surface area contributed by atoms with Crippen LogP contribution in [0.5, 0.6) is 11.5 Å². The highest BCUT2D eigenvalue weighted by Gasteiger charge is 2.14. The Kier molecular flexibility index (Phi) is 7.46. The van der Waals surface area contributed by atoms with Gasteiger partial charge in [0.05, 0.1) is 19.8 Å². The fourth-order valence-electron chi connectivity index (χ4n) is 2.80. The van der Waals surface area contributed by atoms with E-state index in [4.69, 9.17) is 25.8 Å². The molecule has 1 N–H and O–H groups in total. The van der Waals surface area contributed by atoms with E-state index in [1.807, 2.05) is 0 Å². The molecule has 0 bridgehead atoms. The fourth-order valence-corrected chi connectivity index (χ4v) is 2.93. The van der Waals surface area contributed by atoms with E-state index < -0.39 is 12.6 Å². The van der Waals surface area contributed by atoms with Gasteiger partial charge in [-0.3, -0.25) is 9.59 Å². The SMILES string of the molecule is COc1ccc(C(=O)Nc2ccc(C(=O)OCC(=O)c3ccc(Cl)cc3)cc2)cc1OC. The largest absolute Gasteiger partial charge is 0.493 e. The van der Waals surface area contributed by atoms with Crippen LogP contribution in [0, 0.1) is 0 Å². The highest BCUT2D eigenvalue weighted by molar-refractivity contribution is 6.30. The first-order valence-corrected chi connectivity index (χ1v) is 9.88. The van der Waals surface area contributed by atoms with Crippen LogP contribution < -0.4 is 14.8 Å². The standard InChI is InChI=1S/C24H20ClNO6/c1-30-21-12-7-17(13-22(21)31-2)23(28)26-19-10-5-16(6-11-19)24(29)32-14-20(27)15-3-8-18(25)9-4-15/h3-13H,14H2,1-2H3,(H,26,28). The molecule has 0 saturated carbocycles. The summed E-state index contributed by atoms with van der Waals surface area (Å²) in [6.07, 6.45) is 0. The summed E-state index contributed by atoms with van der Waals surface area (Å²) < 4.78 is 15.4. The lowest BCUT2D eigenvalue weighted by atomic mass is 10.1. The van der Waals surface area contributed by atoms with E-state index in [1.54, 1.807) is 54.6 Å². The first kappa shape index (κ1) is 22.8. The number of methoxy groups -OCH3 is 2. The van der Waals surface area contributed by atoms with E-state index in [-0.39, 0.29) is 17.3 Å². The number of hydrogen-bond donors (Lipinski definition) is 1. The molecule has 8 heteroatoms. The zero-order valence-corrected chi connectivity index (χ0v) is 18.1. The van der Waals surface area contributed by atoms with Gasteiger partial charge < -0.3 is 19.5 Å². The van der Waals surface area contributed by atoms with Gasteiger partial charge in [0.2, 0.25) is 0 Å². The number of halogens is 1. The lowest BCUT2D eigenvalue weighted by Crippen LogP contribution is -2.15. The lowest BCUT2D eigenvalue weighted by Gasteiger charge is -2.10. The Morgan fingerprint density at radius 3 is 2.00 bits per heavy atom. The molecular formula is C24H20ClNO6. The number of rotatable bonds is 8. The van der Waals surface area contributed by atoms with Crippen molar-refractivity contribution in [2.24, 2.45) is 0 Å². The number of nitrogens with one attached hydrogen (secondary N) is 1. The molecule has 1 amide bonds. The predicted octanol–water partition coefficient (Wildman–Crippen LogP) is 4.65. The molecule has 32 heavy (non-hydrogen) atoms. The quantitative estimate of drug-likeness (QED) is 0.394. The van der Waals surface area contributed by atoms with E-state index >= 15 is 0 Å². The number of ketones is 1. The van der Waals surface area contributed by atoms with Crippen LogP contribution in [-0.2, 0) is 4.74 Å². The molecule has 0 aliphatic rings. The summed E-state index contributed by atoms with van der Waals surface area (Å²) in [5.74, 6) is -0.387. The number of hydrogen-bond acceptors (Lipinski definition) is 6. The highest BCUT2D eigenvalue weighted by atomic mass is 35.5. The van der Waals surface area contributed by atoms with Crippen molar-refractivity contribution in [3.05, 3.63) is 88.4 Å². The summed E-state index contributed by atoms with van der Waals surface area (Å²) in [4.78, 5) is 36.8. The van der Waals surface area contributed by atoms with Crippen LogP contribution in [0.25, 0.3) is 0 Å². The third-order valence-electron chi connectivity index (χ3n) is 4.52. The second-order valence-corrected chi connectivity index (χ2v) is 7.04. The molecule has 3 aromatic carbocycles. The van der Waals surface area contributed by atoms with Gasteiger partial charge in [-0.2, -0.15) is 0 Å². The minimum atomic E-state index is -0.648. The van der Waals surface area contributed by atoms with Gasteiger partial charge in [-0.05, 0) is 66.7 Å². The van der Waals surface area contributed by atoms with Crippen molar-refractivity contribution in [1.29, 1.82) is 0 Å². The van der Waals surface area contributed by atoms with E-state index in [1.165, 1.54) is 26.4 Å². The van der Waals surface area contributed by atoms with Crippen LogP contribution in [0.1, 0.15) is 31.1 Å². The van der Waals surface area contributed by atoms with E-state index in [0.29, 0.717) is 33.3 Å². The maximum absolute atomic E-state index is 12.5. The van der Waals surface area contributed by atoms with Crippen LogP contribution >= 0.6 is 11.6 Å². The average Bonchev–Trinajstić information content (AvgIpc) is 2.82. The second-order valence-electron chi connectivity index (χ2n) is 6.61. The Bertz CT molecular complexity index is 1130. The molecule has 0 aliphatic heterocycles. The maximum atomic E-state index is 12.5. The number of Topliss-reactive ketones (excluding diaryl/α,β-unsaturated/α-hetero) is 1. The van der Waals surface area contributed by atoms with Gasteiger partial charge in [0.15, 0.2) is 23.9 Å². The Morgan fingerprint density at radius 2 is 1.38 bits per heavy atom. The van der Waals surface area contributed by atoms with Gasteiger partial charge in [-0.15, -0.1) is 0 Å². The van der Waals surface area contributed by atoms with Gasteiger partial charge in [0, 0.05) is 21.8 Å². The first-order chi connectivity index (χ1) is 15.4. The first-order valence-electron chi connectivity index (χ1n) is 9.50. The second kappa shape index (κ2) is 10.5. The van der Waals surface area contributed by atoms with Crippen LogP contribution in [-0.4, -0.2) is 38.5 Å². The number of anilines is 1. The van der Waals surface area contributed by atoms with Crippen LogP contribution in [0.4, 0.5) is 5.69 Å². The number of esters is 1. The van der Waals surface area contributed by atoms with Crippen LogP contribution in [0.3, 0.4) is 0 Å². The number of ether oxygens (including phenoxy) is 3. The Labute approximate surface area is 189 Å². The molecule has 7 nitrogen and oxygen atoms in total. The Hall–Kier alpha value is -3.84. The molecule has 164 valence electrons. The number of carbonyl (C=O) groups excluding carboxylic acids is 3. The minimum absolute atomic E-state index is 0.248. The summed E-state index contributed by atoms with van der Waals surface area (Å²) in [6, 6.07) is 17.3. The molecule has 0 fully saturated rings. The smallest absolute Gasteiger partial charge is 0.338 e. The molecule has 0 radical (unpaired) electrons. The molecular weight excluding hydrogens is 434 g/mol. The van der Waals surface area contributed by atoms with Crippen molar-refractivity contribution in [3.8, 4) is 11.5 Å². The van der Waals surface area contributed by atoms with Gasteiger partial charge in [0.1, 0.15) is 0 Å². The molecule has 3 rings (SSSR count). The van der Waals surface area contributed by atoms with Crippen molar-refractivity contribution in [3.63, 3.8) is 0 Å². The predicted molar refractivity (Wildman–Crippen MR) is 120 cm³/mol. The molecule has 0 saturated heterocycles. The monoisotopic (exact) mass is 453 g/mol.